The lowest BCUT2D eigenvalue weighted by Gasteiger charge is -2.17. The molecule has 23 heavy (non-hydrogen) atoms. The van der Waals surface area contributed by atoms with Crippen molar-refractivity contribution < 1.29 is 18.7 Å². The molecule has 2 N–H and O–H groups in total. The van der Waals surface area contributed by atoms with Gasteiger partial charge in [0.05, 0.1) is 24.6 Å². The van der Waals surface area contributed by atoms with Crippen LogP contribution in [0.1, 0.15) is 36.2 Å². The van der Waals surface area contributed by atoms with Gasteiger partial charge in [0.15, 0.2) is 11.6 Å². The maximum Gasteiger partial charge on any atom is 0.343 e. The number of fused-ring (bicyclic) bond motifs is 1. The Morgan fingerprint density at radius 3 is 2.74 bits per heavy atom. The van der Waals surface area contributed by atoms with Crippen LogP contribution in [-0.2, 0) is 4.74 Å². The van der Waals surface area contributed by atoms with Gasteiger partial charge in [0.1, 0.15) is 11.3 Å². The lowest BCUT2D eigenvalue weighted by Crippen LogP contribution is -2.21. The molecule has 0 unspecified atom stereocenters. The Morgan fingerprint density at radius 1 is 1.48 bits per heavy atom. The molecule has 122 valence electrons. The largest absolute Gasteiger partial charge is 0.492 e. The first-order valence-corrected chi connectivity index (χ1v) is 7.37. The molecule has 1 fully saturated rings. The molecule has 3 rings (SSSR count). The summed E-state index contributed by atoms with van der Waals surface area (Å²) < 4.78 is 25.9. The van der Waals surface area contributed by atoms with Crippen LogP contribution in [0.15, 0.2) is 17.1 Å². The van der Waals surface area contributed by atoms with E-state index in [9.17, 15) is 14.0 Å². The van der Waals surface area contributed by atoms with Gasteiger partial charge in [-0.2, -0.15) is 0 Å². The topological polar surface area (TPSA) is 83.6 Å². The Morgan fingerprint density at radius 2 is 2.17 bits per heavy atom. The van der Waals surface area contributed by atoms with Crippen molar-refractivity contribution >= 4 is 22.6 Å². The Labute approximate surface area is 131 Å². The Bertz CT molecular complexity index is 856. The lowest BCUT2D eigenvalue weighted by atomic mass is 10.1. The van der Waals surface area contributed by atoms with Crippen LogP contribution in [0, 0.1) is 5.82 Å². The van der Waals surface area contributed by atoms with Crippen LogP contribution in [0.5, 0.6) is 5.75 Å². The molecular weight excluding hydrogens is 303 g/mol. The van der Waals surface area contributed by atoms with E-state index >= 15 is 0 Å². The highest BCUT2D eigenvalue weighted by Gasteiger charge is 2.29. The van der Waals surface area contributed by atoms with E-state index < -0.39 is 17.2 Å². The van der Waals surface area contributed by atoms with Crippen LogP contribution in [0.3, 0.4) is 0 Å². The van der Waals surface area contributed by atoms with Crippen LogP contribution in [-0.4, -0.2) is 24.3 Å². The molecule has 1 aromatic carbocycles. The monoisotopic (exact) mass is 320 g/mol. The quantitative estimate of drug-likeness (QED) is 0.690. The highest BCUT2D eigenvalue weighted by Crippen LogP contribution is 2.41. The molecule has 2 aromatic rings. The minimum absolute atomic E-state index is 0.0611. The van der Waals surface area contributed by atoms with E-state index in [0.717, 1.165) is 18.9 Å². The zero-order valence-corrected chi connectivity index (χ0v) is 12.9. The van der Waals surface area contributed by atoms with E-state index in [1.807, 2.05) is 0 Å². The standard InChI is InChI=1S/C16H17FN2O4/c1-3-23-16(21)10-7-19(8-4-5-8)13-9(14(10)20)6-11(17)12(18)15(13)22-2/h6-8H,3-5,18H2,1-2H3. The summed E-state index contributed by atoms with van der Waals surface area (Å²) in [7, 11) is 1.37. The third-order valence-electron chi connectivity index (χ3n) is 3.90. The maximum atomic E-state index is 14.0. The summed E-state index contributed by atoms with van der Waals surface area (Å²) in [6.45, 7) is 1.81. The molecule has 0 saturated heterocycles. The molecule has 1 heterocycles. The number of pyridine rings is 1. The van der Waals surface area contributed by atoms with E-state index in [-0.39, 0.29) is 35.0 Å². The number of carbonyl (C=O) groups excluding carboxylic acids is 1. The first-order chi connectivity index (χ1) is 11.0. The van der Waals surface area contributed by atoms with Crippen molar-refractivity contribution in [1.29, 1.82) is 0 Å². The number of nitrogens with zero attached hydrogens (tertiary/aromatic N) is 1. The predicted molar refractivity (Wildman–Crippen MR) is 83.4 cm³/mol. The van der Waals surface area contributed by atoms with Gasteiger partial charge < -0.3 is 19.8 Å². The second-order valence-electron chi connectivity index (χ2n) is 5.43. The van der Waals surface area contributed by atoms with Gasteiger partial charge in [0.2, 0.25) is 5.43 Å². The van der Waals surface area contributed by atoms with Crippen LogP contribution >= 0.6 is 0 Å². The summed E-state index contributed by atoms with van der Waals surface area (Å²) in [5.41, 5.74) is 5.29. The summed E-state index contributed by atoms with van der Waals surface area (Å²) >= 11 is 0. The molecule has 0 spiro atoms. The summed E-state index contributed by atoms with van der Waals surface area (Å²) in [6.07, 6.45) is 3.27. The summed E-state index contributed by atoms with van der Waals surface area (Å²) in [6, 6.07) is 1.18. The van der Waals surface area contributed by atoms with Crippen LogP contribution in [0.2, 0.25) is 0 Å². The van der Waals surface area contributed by atoms with E-state index in [0.29, 0.717) is 5.52 Å². The van der Waals surface area contributed by atoms with Crippen molar-refractivity contribution in [2.24, 2.45) is 0 Å². The molecule has 7 heteroatoms. The van der Waals surface area contributed by atoms with Crippen molar-refractivity contribution in [3.05, 3.63) is 33.9 Å². The minimum Gasteiger partial charge on any atom is -0.492 e. The number of halogens is 1. The average molecular weight is 320 g/mol. The third kappa shape index (κ3) is 2.42. The average Bonchev–Trinajstić information content (AvgIpc) is 3.35. The number of hydrogen-bond donors (Lipinski definition) is 1. The van der Waals surface area contributed by atoms with Gasteiger partial charge in [-0.15, -0.1) is 0 Å². The van der Waals surface area contributed by atoms with E-state index in [1.165, 1.54) is 13.3 Å². The van der Waals surface area contributed by atoms with Gasteiger partial charge in [0, 0.05) is 12.2 Å². The van der Waals surface area contributed by atoms with E-state index in [1.54, 1.807) is 11.5 Å². The Hall–Kier alpha value is -2.57. The lowest BCUT2D eigenvalue weighted by molar-refractivity contribution is 0.0524. The number of esters is 1. The highest BCUT2D eigenvalue weighted by atomic mass is 19.1. The fourth-order valence-electron chi connectivity index (χ4n) is 2.67. The first-order valence-electron chi connectivity index (χ1n) is 7.37. The van der Waals surface area contributed by atoms with Crippen LogP contribution < -0.4 is 15.9 Å². The molecular formula is C16H17FN2O4. The molecule has 0 amide bonds. The second kappa shape index (κ2) is 5.57. The molecule has 0 aliphatic heterocycles. The number of methoxy groups -OCH3 is 1. The van der Waals surface area contributed by atoms with Gasteiger partial charge in [-0.25, -0.2) is 9.18 Å². The van der Waals surface area contributed by atoms with Crippen molar-refractivity contribution in [3.63, 3.8) is 0 Å². The minimum atomic E-state index is -0.755. The van der Waals surface area contributed by atoms with Crippen molar-refractivity contribution in [3.8, 4) is 5.75 Å². The second-order valence-corrected chi connectivity index (χ2v) is 5.43. The van der Waals surface area contributed by atoms with Crippen molar-refractivity contribution in [1.82, 2.24) is 4.57 Å². The molecule has 0 radical (unpaired) electrons. The number of rotatable bonds is 4. The molecule has 1 saturated carbocycles. The van der Waals surface area contributed by atoms with Gasteiger partial charge in [-0.05, 0) is 25.8 Å². The first kappa shape index (κ1) is 15.3. The maximum absolute atomic E-state index is 14.0. The smallest absolute Gasteiger partial charge is 0.343 e. The van der Waals surface area contributed by atoms with Gasteiger partial charge >= 0.3 is 5.97 Å². The fourth-order valence-corrected chi connectivity index (χ4v) is 2.67. The number of benzene rings is 1. The number of anilines is 1. The number of hydrogen-bond acceptors (Lipinski definition) is 5. The Kier molecular flexibility index (Phi) is 3.71. The zero-order valence-electron chi connectivity index (χ0n) is 12.9. The molecule has 1 aromatic heterocycles. The SMILES string of the molecule is CCOC(=O)c1cn(C2CC2)c2c(OC)c(N)c(F)cc2c1=O. The van der Waals surface area contributed by atoms with Crippen LogP contribution in [0.25, 0.3) is 10.9 Å². The highest BCUT2D eigenvalue weighted by molar-refractivity contribution is 5.97. The number of aromatic nitrogens is 1. The van der Waals surface area contributed by atoms with Crippen molar-refractivity contribution in [2.45, 2.75) is 25.8 Å². The van der Waals surface area contributed by atoms with Crippen LogP contribution in [0.4, 0.5) is 10.1 Å². The zero-order chi connectivity index (χ0) is 16.7. The fraction of sp³-hybridized carbons (Fsp3) is 0.375. The summed E-state index contributed by atoms with van der Waals surface area (Å²) in [5, 5.41) is 0.0611. The van der Waals surface area contributed by atoms with Crippen molar-refractivity contribution in [2.75, 3.05) is 19.5 Å². The van der Waals surface area contributed by atoms with Gasteiger partial charge in [-0.3, -0.25) is 4.79 Å². The van der Waals surface area contributed by atoms with E-state index in [2.05, 4.69) is 0 Å². The molecule has 6 nitrogen and oxygen atoms in total. The Balaban J connectivity index is 2.40. The third-order valence-corrected chi connectivity index (χ3v) is 3.90. The number of ether oxygens (including phenoxy) is 2. The summed E-state index contributed by atoms with van der Waals surface area (Å²) in [5.74, 6) is -1.36. The van der Waals surface area contributed by atoms with E-state index in [4.69, 9.17) is 15.2 Å². The summed E-state index contributed by atoms with van der Waals surface area (Å²) in [4.78, 5) is 24.6. The molecule has 1 aliphatic carbocycles. The molecule has 1 aliphatic rings. The normalized spacial score (nSPS) is 14.0. The molecule has 0 bridgehead atoms. The van der Waals surface area contributed by atoms with Gasteiger partial charge in [-0.1, -0.05) is 0 Å². The number of nitrogens with two attached hydrogens (primary N) is 1. The predicted octanol–water partition coefficient (Wildman–Crippen LogP) is 2.24. The number of carbonyl (C=O) groups is 1. The van der Waals surface area contributed by atoms with Gasteiger partial charge in [0.25, 0.3) is 0 Å². The molecule has 0 atom stereocenters. The number of nitrogen functional groups attached to an aromatic ring is 1.